The summed E-state index contributed by atoms with van der Waals surface area (Å²) in [6.07, 6.45) is -3.75. The van der Waals surface area contributed by atoms with Gasteiger partial charge >= 0.3 is 6.09 Å². The van der Waals surface area contributed by atoms with Crippen molar-refractivity contribution >= 4 is 23.2 Å². The predicted molar refractivity (Wildman–Crippen MR) is 116 cm³/mol. The molecule has 1 fully saturated rings. The van der Waals surface area contributed by atoms with Gasteiger partial charge in [-0.3, -0.25) is 5.10 Å². The Labute approximate surface area is 193 Å². The summed E-state index contributed by atoms with van der Waals surface area (Å²) < 4.78 is 53.3. The third-order valence-corrected chi connectivity index (χ3v) is 5.45. The number of amides is 1. The molecule has 3 aromatic heterocycles. The standard InChI is InChI=1S/C21H26F3N7O3/c1-10(2)25-21(32)34-16-5-4-12(18(16)22)13-7-17(29-28-13)27-20-15-6-11(9-33-3)30-31(15)8-14(26-20)19(23)24/h6-8,10,12,16,18-19H,4-5,9H2,1-3H3,(H,25,32)(H2,26,27,28,29)/t12-,16-,18-/m1/s1. The van der Waals surface area contributed by atoms with Crippen LogP contribution in [-0.2, 0) is 16.1 Å². The molecule has 0 radical (unpaired) electrons. The fourth-order valence-electron chi connectivity index (χ4n) is 3.97. The summed E-state index contributed by atoms with van der Waals surface area (Å²) in [4.78, 5) is 15.8. The molecule has 4 rings (SSSR count). The number of fused-ring (bicyclic) bond motifs is 1. The number of alkyl carbamates (subject to hydrolysis) is 1. The van der Waals surface area contributed by atoms with Gasteiger partial charge in [0.25, 0.3) is 6.43 Å². The number of hydrogen-bond donors (Lipinski definition) is 3. The number of carbonyl (C=O) groups is 1. The molecule has 0 aliphatic heterocycles. The second-order valence-corrected chi connectivity index (χ2v) is 8.42. The number of nitrogens with zero attached hydrogens (tertiary/aromatic N) is 4. The zero-order valence-electron chi connectivity index (χ0n) is 18.9. The number of rotatable bonds is 8. The fourth-order valence-corrected chi connectivity index (χ4v) is 3.97. The van der Waals surface area contributed by atoms with E-state index in [2.05, 4.69) is 30.9 Å². The number of alkyl halides is 3. The van der Waals surface area contributed by atoms with E-state index >= 15 is 4.39 Å². The molecule has 0 saturated heterocycles. The number of anilines is 2. The van der Waals surface area contributed by atoms with Crippen molar-refractivity contribution in [2.75, 3.05) is 12.4 Å². The van der Waals surface area contributed by atoms with Crippen molar-refractivity contribution < 1.29 is 27.4 Å². The number of ether oxygens (including phenoxy) is 2. The smallest absolute Gasteiger partial charge is 0.407 e. The van der Waals surface area contributed by atoms with Gasteiger partial charge in [-0.15, -0.1) is 0 Å². The maximum atomic E-state index is 15.0. The Hall–Kier alpha value is -3.35. The highest BCUT2D eigenvalue weighted by Gasteiger charge is 2.41. The van der Waals surface area contributed by atoms with Crippen LogP contribution in [0.3, 0.4) is 0 Å². The number of methoxy groups -OCH3 is 1. The minimum absolute atomic E-state index is 0.117. The highest BCUT2D eigenvalue weighted by molar-refractivity contribution is 5.72. The monoisotopic (exact) mass is 481 g/mol. The van der Waals surface area contributed by atoms with Crippen molar-refractivity contribution in [3.05, 3.63) is 35.4 Å². The number of halogens is 3. The first kappa shape index (κ1) is 23.8. The van der Waals surface area contributed by atoms with Gasteiger partial charge in [-0.2, -0.15) is 10.2 Å². The average molecular weight is 481 g/mol. The first-order valence-corrected chi connectivity index (χ1v) is 10.8. The summed E-state index contributed by atoms with van der Waals surface area (Å²) in [7, 11) is 1.50. The van der Waals surface area contributed by atoms with Gasteiger partial charge in [0.2, 0.25) is 0 Å². The van der Waals surface area contributed by atoms with Crippen LogP contribution in [0.15, 0.2) is 18.3 Å². The molecule has 34 heavy (non-hydrogen) atoms. The SMILES string of the molecule is COCc1cc2c(Nc3cc([C@H]4CC[C@@H](OC(=O)NC(C)C)[C@@H]4F)[nH]n3)nc(C(F)F)cn2n1. The van der Waals surface area contributed by atoms with Gasteiger partial charge in [-0.25, -0.2) is 27.5 Å². The Morgan fingerprint density at radius 2 is 2.12 bits per heavy atom. The minimum Gasteiger partial charge on any atom is -0.443 e. The molecule has 184 valence electrons. The van der Waals surface area contributed by atoms with Crippen molar-refractivity contribution in [2.24, 2.45) is 0 Å². The molecule has 3 N–H and O–H groups in total. The van der Waals surface area contributed by atoms with Gasteiger partial charge in [0.05, 0.1) is 18.5 Å². The van der Waals surface area contributed by atoms with Gasteiger partial charge < -0.3 is 20.1 Å². The van der Waals surface area contributed by atoms with E-state index in [0.29, 0.717) is 29.7 Å². The minimum atomic E-state index is -2.80. The van der Waals surface area contributed by atoms with Crippen molar-refractivity contribution in [1.82, 2.24) is 30.1 Å². The van der Waals surface area contributed by atoms with E-state index in [1.165, 1.54) is 11.6 Å². The van der Waals surface area contributed by atoms with Crippen LogP contribution in [0.5, 0.6) is 0 Å². The lowest BCUT2D eigenvalue weighted by molar-refractivity contribution is 0.0555. The quantitative estimate of drug-likeness (QED) is 0.445. The summed E-state index contributed by atoms with van der Waals surface area (Å²) >= 11 is 0. The van der Waals surface area contributed by atoms with E-state index in [9.17, 15) is 13.6 Å². The molecule has 1 saturated carbocycles. The lowest BCUT2D eigenvalue weighted by Gasteiger charge is -2.18. The molecule has 3 aromatic rings. The first-order valence-electron chi connectivity index (χ1n) is 10.8. The van der Waals surface area contributed by atoms with E-state index in [1.807, 2.05) is 0 Å². The van der Waals surface area contributed by atoms with Gasteiger partial charge in [0.1, 0.15) is 23.5 Å². The third kappa shape index (κ3) is 5.08. The molecule has 0 bridgehead atoms. The van der Waals surface area contributed by atoms with Crippen molar-refractivity contribution in [1.29, 1.82) is 0 Å². The predicted octanol–water partition coefficient (Wildman–Crippen LogP) is 4.00. The molecular weight excluding hydrogens is 455 g/mol. The van der Waals surface area contributed by atoms with Gasteiger partial charge in [0, 0.05) is 30.8 Å². The van der Waals surface area contributed by atoms with E-state index in [4.69, 9.17) is 9.47 Å². The normalized spacial score (nSPS) is 20.4. The summed E-state index contributed by atoms with van der Waals surface area (Å²) in [5.74, 6) is -0.150. The Kier molecular flexibility index (Phi) is 6.91. The third-order valence-electron chi connectivity index (χ3n) is 5.45. The summed E-state index contributed by atoms with van der Waals surface area (Å²) in [5.41, 5.74) is 1.03. The van der Waals surface area contributed by atoms with E-state index < -0.39 is 36.4 Å². The zero-order chi connectivity index (χ0) is 24.4. The molecule has 3 heterocycles. The van der Waals surface area contributed by atoms with Crippen LogP contribution in [0, 0.1) is 0 Å². The molecule has 0 unspecified atom stereocenters. The topological polar surface area (TPSA) is 118 Å². The summed E-state index contributed by atoms with van der Waals surface area (Å²) in [6.45, 7) is 3.77. The molecule has 1 aliphatic carbocycles. The molecule has 0 spiro atoms. The Bertz CT molecular complexity index is 1150. The van der Waals surface area contributed by atoms with Gasteiger partial charge in [0.15, 0.2) is 11.6 Å². The molecule has 1 amide bonds. The number of aromatic nitrogens is 5. The number of hydrogen-bond acceptors (Lipinski definition) is 7. The molecule has 10 nitrogen and oxygen atoms in total. The average Bonchev–Trinajstić information content (AvgIpc) is 3.47. The van der Waals surface area contributed by atoms with E-state index in [-0.39, 0.29) is 24.3 Å². The fraction of sp³-hybridized carbons (Fsp3) is 0.524. The number of H-pyrrole nitrogens is 1. The van der Waals surface area contributed by atoms with Crippen LogP contribution in [0.4, 0.5) is 29.6 Å². The summed E-state index contributed by atoms with van der Waals surface area (Å²) in [6, 6.07) is 3.14. The number of carbonyl (C=O) groups excluding carboxylic acids is 1. The zero-order valence-corrected chi connectivity index (χ0v) is 18.9. The van der Waals surface area contributed by atoms with Gasteiger partial charge in [-0.05, 0) is 32.8 Å². The van der Waals surface area contributed by atoms with Gasteiger partial charge in [-0.1, -0.05) is 0 Å². The first-order chi connectivity index (χ1) is 16.2. The maximum Gasteiger partial charge on any atom is 0.407 e. The van der Waals surface area contributed by atoms with Crippen molar-refractivity contribution in [2.45, 2.75) is 64.0 Å². The molecule has 3 atom stereocenters. The lowest BCUT2D eigenvalue weighted by Crippen LogP contribution is -2.36. The maximum absolute atomic E-state index is 15.0. The van der Waals surface area contributed by atoms with Crippen LogP contribution in [0.1, 0.15) is 56.1 Å². The molecular formula is C21H26F3N7O3. The van der Waals surface area contributed by atoms with Crippen LogP contribution in [0.2, 0.25) is 0 Å². The Balaban J connectivity index is 1.51. The lowest BCUT2D eigenvalue weighted by atomic mass is 10.0. The Morgan fingerprint density at radius 3 is 2.82 bits per heavy atom. The molecule has 13 heteroatoms. The second-order valence-electron chi connectivity index (χ2n) is 8.42. The molecule has 0 aromatic carbocycles. The van der Waals surface area contributed by atoms with Crippen molar-refractivity contribution in [3.63, 3.8) is 0 Å². The van der Waals surface area contributed by atoms with E-state index in [0.717, 1.165) is 6.20 Å². The van der Waals surface area contributed by atoms with Crippen LogP contribution in [0.25, 0.3) is 5.52 Å². The highest BCUT2D eigenvalue weighted by atomic mass is 19.3. The molecule has 1 aliphatic rings. The van der Waals surface area contributed by atoms with Crippen LogP contribution >= 0.6 is 0 Å². The number of aromatic amines is 1. The van der Waals surface area contributed by atoms with Crippen LogP contribution in [-0.4, -0.2) is 56.3 Å². The second kappa shape index (κ2) is 9.87. The highest BCUT2D eigenvalue weighted by Crippen LogP contribution is 2.38. The Morgan fingerprint density at radius 1 is 1.32 bits per heavy atom. The number of nitrogens with one attached hydrogen (secondary N) is 3. The van der Waals surface area contributed by atoms with E-state index in [1.54, 1.807) is 26.0 Å². The van der Waals surface area contributed by atoms with Crippen LogP contribution < -0.4 is 10.6 Å². The summed E-state index contributed by atoms with van der Waals surface area (Å²) in [5, 5.41) is 16.6. The van der Waals surface area contributed by atoms with Crippen molar-refractivity contribution in [3.8, 4) is 0 Å². The largest absolute Gasteiger partial charge is 0.443 e.